The van der Waals surface area contributed by atoms with Gasteiger partial charge in [-0.05, 0) is 73.3 Å². The summed E-state index contributed by atoms with van der Waals surface area (Å²) in [5.41, 5.74) is -2.62. The van der Waals surface area contributed by atoms with Gasteiger partial charge in [0.25, 0.3) is 0 Å². The van der Waals surface area contributed by atoms with Crippen LogP contribution in [0, 0.1) is 28.6 Å². The van der Waals surface area contributed by atoms with E-state index in [2.05, 4.69) is 26.0 Å². The van der Waals surface area contributed by atoms with E-state index in [1.54, 1.807) is 6.92 Å². The van der Waals surface area contributed by atoms with Gasteiger partial charge in [-0.2, -0.15) is 0 Å². The zero-order chi connectivity index (χ0) is 23.8. The molecular formula is C27H37KO6. The summed E-state index contributed by atoms with van der Waals surface area (Å²) in [4.78, 5) is 38.0. The molecular weight excluding hydrogens is 459 g/mol. The summed E-state index contributed by atoms with van der Waals surface area (Å²) >= 11 is 0. The van der Waals surface area contributed by atoms with Crippen LogP contribution in [0.25, 0.3) is 0 Å². The van der Waals surface area contributed by atoms with Crippen molar-refractivity contribution in [2.24, 2.45) is 28.6 Å². The van der Waals surface area contributed by atoms with Gasteiger partial charge in [0.1, 0.15) is 5.60 Å². The van der Waals surface area contributed by atoms with Gasteiger partial charge in [0.15, 0.2) is 17.2 Å². The van der Waals surface area contributed by atoms with Crippen LogP contribution in [0.1, 0.15) is 80.0 Å². The van der Waals surface area contributed by atoms with E-state index in [9.17, 15) is 24.6 Å². The summed E-state index contributed by atoms with van der Waals surface area (Å²) in [6.45, 7) is 6.15. The van der Waals surface area contributed by atoms with E-state index >= 15 is 0 Å². The van der Waals surface area contributed by atoms with E-state index in [-0.39, 0.29) is 101 Å². The first-order valence-corrected chi connectivity index (χ1v) is 12.6. The second-order valence-corrected chi connectivity index (χ2v) is 11.6. The van der Waals surface area contributed by atoms with Crippen LogP contribution in [-0.2, 0) is 19.1 Å². The van der Waals surface area contributed by atoms with Crippen LogP contribution in [0.15, 0.2) is 23.8 Å². The molecule has 0 spiro atoms. The number of carbonyl (C=O) groups excluding carboxylic acids is 3. The van der Waals surface area contributed by atoms with Gasteiger partial charge in [-0.1, -0.05) is 32.9 Å². The number of cyclic esters (lactones) is 1. The number of esters is 1. The van der Waals surface area contributed by atoms with Crippen molar-refractivity contribution in [3.05, 3.63) is 23.8 Å². The maximum Gasteiger partial charge on any atom is 1.00 e. The van der Waals surface area contributed by atoms with Crippen LogP contribution < -0.4 is 51.4 Å². The Labute approximate surface area is 245 Å². The average Bonchev–Trinajstić information content (AvgIpc) is 2.97. The van der Waals surface area contributed by atoms with E-state index in [1.165, 1.54) is 0 Å². The molecule has 1 heterocycles. The number of carbonyl (C=O) groups is 3. The van der Waals surface area contributed by atoms with Crippen LogP contribution in [0.5, 0.6) is 0 Å². The quantitative estimate of drug-likeness (QED) is 0.428. The molecule has 0 aromatic heterocycles. The summed E-state index contributed by atoms with van der Waals surface area (Å²) in [6.07, 6.45) is 9.09. The molecule has 1 aliphatic heterocycles. The Bertz CT molecular complexity index is 979. The Balaban J connectivity index is 0.00000171. The van der Waals surface area contributed by atoms with Crippen molar-refractivity contribution in [2.45, 2.75) is 95.9 Å². The normalized spacial score (nSPS) is 48.0. The maximum absolute atomic E-state index is 13.4. The molecule has 34 heavy (non-hydrogen) atoms. The number of hydrogen-bond acceptors (Lipinski definition) is 6. The first kappa shape index (κ1) is 26.9. The number of allylic oxidation sites excluding steroid dienone is 4. The van der Waals surface area contributed by atoms with Crippen LogP contribution in [0.3, 0.4) is 0 Å². The molecule has 8 atom stereocenters. The molecule has 0 radical (unpaired) electrons. The molecule has 1 saturated heterocycles. The molecule has 6 nitrogen and oxygen atoms in total. The zero-order valence-corrected chi connectivity index (χ0v) is 24.1. The van der Waals surface area contributed by atoms with Gasteiger partial charge < -0.3 is 16.4 Å². The third-order valence-electron chi connectivity index (χ3n) is 10.4. The van der Waals surface area contributed by atoms with Gasteiger partial charge in [0, 0.05) is 18.3 Å². The molecule has 3 fully saturated rings. The molecule has 5 aliphatic rings. The number of aliphatic hydroxyl groups excluding tert-OH is 1. The van der Waals surface area contributed by atoms with Crippen molar-refractivity contribution in [1.29, 1.82) is 0 Å². The summed E-state index contributed by atoms with van der Waals surface area (Å²) < 4.78 is 5.82. The van der Waals surface area contributed by atoms with Gasteiger partial charge >= 0.3 is 57.4 Å². The van der Waals surface area contributed by atoms with Crippen LogP contribution in [-0.4, -0.2) is 45.1 Å². The van der Waals surface area contributed by atoms with E-state index < -0.39 is 28.7 Å². The Morgan fingerprint density at radius 2 is 1.79 bits per heavy atom. The molecule has 0 aromatic rings. The van der Waals surface area contributed by atoms with Crippen LogP contribution in [0.2, 0.25) is 0 Å². The number of hydrogen-bond donors (Lipinski definition) is 2. The number of Topliss-reactive ketones (excluding diaryl/α,β-unsaturated/α-hetero) is 1. The molecule has 5 rings (SSSR count). The Morgan fingerprint density at radius 1 is 1.09 bits per heavy atom. The molecule has 0 bridgehead atoms. The summed E-state index contributed by atoms with van der Waals surface area (Å²) in [7, 11) is 0. The first-order chi connectivity index (χ1) is 15.5. The van der Waals surface area contributed by atoms with E-state index in [4.69, 9.17) is 4.74 Å². The van der Waals surface area contributed by atoms with E-state index in [0.29, 0.717) is 18.8 Å². The fourth-order valence-corrected chi connectivity index (χ4v) is 8.49. The summed E-state index contributed by atoms with van der Waals surface area (Å²) in [5.74, 6) is -0.00908. The second kappa shape index (κ2) is 9.00. The number of aliphatic hydroxyl groups is 2. The predicted octanol–water partition coefficient (Wildman–Crippen LogP) is 0.558. The monoisotopic (exact) mass is 496 g/mol. The molecule has 2 N–H and O–H groups in total. The number of fused-ring (bicyclic) bond motifs is 5. The summed E-state index contributed by atoms with van der Waals surface area (Å²) in [6, 6.07) is 0. The second-order valence-electron chi connectivity index (χ2n) is 11.6. The van der Waals surface area contributed by atoms with Gasteiger partial charge in [-0.25, -0.2) is 0 Å². The third-order valence-corrected chi connectivity index (χ3v) is 10.4. The Kier molecular flexibility index (Phi) is 7.12. The van der Waals surface area contributed by atoms with E-state index in [0.717, 1.165) is 31.3 Å². The number of rotatable bonds is 2. The van der Waals surface area contributed by atoms with Crippen molar-refractivity contribution in [3.8, 4) is 0 Å². The molecule has 7 heteroatoms. The topological polar surface area (TPSA) is 101 Å². The van der Waals surface area contributed by atoms with Crippen LogP contribution in [0.4, 0.5) is 0 Å². The Morgan fingerprint density at radius 3 is 2.50 bits per heavy atom. The van der Waals surface area contributed by atoms with Gasteiger partial charge in [-0.15, -0.1) is 0 Å². The van der Waals surface area contributed by atoms with Gasteiger partial charge in [-0.3, -0.25) is 14.4 Å². The minimum absolute atomic E-state index is 0. The minimum atomic E-state index is -1.62. The van der Waals surface area contributed by atoms with Crippen LogP contribution >= 0.6 is 0 Å². The Hall–Kier alpha value is -0.154. The number of ketones is 2. The number of ether oxygens (including phenoxy) is 1. The molecule has 2 unspecified atom stereocenters. The van der Waals surface area contributed by atoms with Crippen molar-refractivity contribution < 1.29 is 82.1 Å². The standard InChI is InChI=1S/C27H36O6.K.H/c1-4-26(22(30)14-18(29)15-23(31)33-26)27(32)12-9-21-19-6-5-16-13-17(28)7-10-24(16,2)20(19)8-11-25(21,27)3;;/h5-6,13,18-21,29,32H,4,7-12,14-15H2,1-3H3;;/q;+1;-1/t18?,19-,20+,21?,24-,25-,26-,27-;;/m0../s1. The smallest absolute Gasteiger partial charge is 1.00 e. The van der Waals surface area contributed by atoms with Gasteiger partial charge in [0.05, 0.1) is 12.5 Å². The van der Waals surface area contributed by atoms with Crippen molar-refractivity contribution in [1.82, 2.24) is 0 Å². The SMILES string of the molecule is CC[C@]1([C@]2(O)CCC3[C@H]4C=CC5=CC(=O)CC[C@]5(C)[C@@H]4CC[C@@]32C)OC(=O)CC(O)CC1=O.[H-].[K+]. The fraction of sp³-hybridized carbons (Fsp3) is 0.741. The van der Waals surface area contributed by atoms with E-state index in [1.807, 2.05) is 6.08 Å². The molecule has 182 valence electrons. The largest absolute Gasteiger partial charge is 1.00 e. The molecule has 0 amide bonds. The van der Waals surface area contributed by atoms with Crippen molar-refractivity contribution in [3.63, 3.8) is 0 Å². The third kappa shape index (κ3) is 3.52. The predicted molar refractivity (Wildman–Crippen MR) is 122 cm³/mol. The minimum Gasteiger partial charge on any atom is -1.00 e. The molecule has 0 aromatic carbocycles. The van der Waals surface area contributed by atoms with Crippen molar-refractivity contribution in [2.75, 3.05) is 0 Å². The van der Waals surface area contributed by atoms with Gasteiger partial charge in [0.2, 0.25) is 0 Å². The summed E-state index contributed by atoms with van der Waals surface area (Å²) in [5, 5.41) is 22.5. The fourth-order valence-electron chi connectivity index (χ4n) is 8.49. The first-order valence-electron chi connectivity index (χ1n) is 12.6. The zero-order valence-electron chi connectivity index (χ0n) is 21.9. The van der Waals surface area contributed by atoms with Crippen molar-refractivity contribution >= 4 is 17.5 Å². The maximum atomic E-state index is 13.4. The molecule has 2 saturated carbocycles. The average molecular weight is 497 g/mol. The molecule has 4 aliphatic carbocycles.